The second kappa shape index (κ2) is 7.13. The molecule has 0 fully saturated rings. The maximum Gasteiger partial charge on any atom is 0.161 e. The summed E-state index contributed by atoms with van der Waals surface area (Å²) in [6.45, 7) is 5.74. The molecule has 0 bridgehead atoms. The molecule has 2 aromatic rings. The largest absolute Gasteiger partial charge is 0.385 e. The van der Waals surface area contributed by atoms with Gasteiger partial charge in [-0.3, -0.25) is 4.98 Å². The fraction of sp³-hybridized carbons (Fsp3) is 0.438. The molecule has 112 valence electrons. The second-order valence-corrected chi connectivity index (χ2v) is 5.09. The summed E-state index contributed by atoms with van der Waals surface area (Å²) in [5.41, 5.74) is 3.11. The fourth-order valence-electron chi connectivity index (χ4n) is 2.17. The Morgan fingerprint density at radius 1 is 1.14 bits per heavy atom. The van der Waals surface area contributed by atoms with Crippen molar-refractivity contribution in [2.24, 2.45) is 0 Å². The van der Waals surface area contributed by atoms with Gasteiger partial charge < -0.3 is 9.64 Å². The van der Waals surface area contributed by atoms with Crippen molar-refractivity contribution in [1.82, 2.24) is 15.0 Å². The summed E-state index contributed by atoms with van der Waals surface area (Å²) in [6.07, 6.45) is 4.49. The molecule has 5 nitrogen and oxygen atoms in total. The predicted octanol–water partition coefficient (Wildman–Crippen LogP) is 2.63. The number of methoxy groups -OCH3 is 1. The van der Waals surface area contributed by atoms with Gasteiger partial charge >= 0.3 is 0 Å². The van der Waals surface area contributed by atoms with Crippen LogP contribution >= 0.6 is 0 Å². The maximum absolute atomic E-state index is 5.11. The molecule has 0 aliphatic heterocycles. The number of hydrogen-bond donors (Lipinski definition) is 0. The van der Waals surface area contributed by atoms with Crippen LogP contribution in [0, 0.1) is 13.8 Å². The highest BCUT2D eigenvalue weighted by molar-refractivity contribution is 5.59. The summed E-state index contributed by atoms with van der Waals surface area (Å²) in [7, 11) is 3.78. The Morgan fingerprint density at radius 3 is 2.52 bits per heavy atom. The Balaban J connectivity index is 2.30. The Kier molecular flexibility index (Phi) is 5.22. The van der Waals surface area contributed by atoms with Crippen LogP contribution in [0.5, 0.6) is 0 Å². The number of hydrogen-bond acceptors (Lipinski definition) is 5. The highest BCUT2D eigenvalue weighted by Gasteiger charge is 2.13. The number of nitrogens with zero attached hydrogens (tertiary/aromatic N) is 4. The van der Waals surface area contributed by atoms with E-state index in [0.29, 0.717) is 0 Å². The minimum atomic E-state index is 0.745. The molecule has 0 atom stereocenters. The van der Waals surface area contributed by atoms with Gasteiger partial charge in [0.1, 0.15) is 5.82 Å². The Morgan fingerprint density at radius 2 is 1.86 bits per heavy atom. The third kappa shape index (κ3) is 3.76. The highest BCUT2D eigenvalue weighted by atomic mass is 16.5. The van der Waals surface area contributed by atoms with E-state index in [9.17, 15) is 0 Å². The van der Waals surface area contributed by atoms with Crippen LogP contribution in [0.25, 0.3) is 11.4 Å². The monoisotopic (exact) mass is 286 g/mol. The standard InChI is InChI=1S/C16H22N4O/c1-12-13(2)18-15(14-6-8-17-9-7-14)19-16(12)20(3)10-5-11-21-4/h6-9H,5,10-11H2,1-4H3. The summed E-state index contributed by atoms with van der Waals surface area (Å²) in [5, 5.41) is 0. The van der Waals surface area contributed by atoms with Crippen LogP contribution in [0.15, 0.2) is 24.5 Å². The van der Waals surface area contributed by atoms with E-state index in [1.807, 2.05) is 19.1 Å². The van der Waals surface area contributed by atoms with Gasteiger partial charge in [0, 0.05) is 56.5 Å². The van der Waals surface area contributed by atoms with Crippen molar-refractivity contribution in [3.63, 3.8) is 0 Å². The quantitative estimate of drug-likeness (QED) is 0.764. The summed E-state index contributed by atoms with van der Waals surface area (Å²) >= 11 is 0. The van der Waals surface area contributed by atoms with E-state index >= 15 is 0 Å². The summed E-state index contributed by atoms with van der Waals surface area (Å²) in [6, 6.07) is 3.86. The van der Waals surface area contributed by atoms with Crippen molar-refractivity contribution in [2.45, 2.75) is 20.3 Å². The number of aryl methyl sites for hydroxylation is 1. The van der Waals surface area contributed by atoms with E-state index in [1.54, 1.807) is 19.5 Å². The molecule has 2 heterocycles. The molecule has 0 saturated carbocycles. The third-order valence-corrected chi connectivity index (χ3v) is 3.51. The first-order valence-electron chi connectivity index (χ1n) is 7.09. The second-order valence-electron chi connectivity index (χ2n) is 5.09. The van der Waals surface area contributed by atoms with Gasteiger partial charge in [-0.2, -0.15) is 0 Å². The first-order chi connectivity index (χ1) is 10.1. The smallest absolute Gasteiger partial charge is 0.161 e. The number of anilines is 1. The molecule has 5 heteroatoms. The van der Waals surface area contributed by atoms with Crippen LogP contribution in [0.4, 0.5) is 5.82 Å². The topological polar surface area (TPSA) is 51.1 Å². The van der Waals surface area contributed by atoms with Crippen LogP contribution in [0.1, 0.15) is 17.7 Å². The molecule has 0 N–H and O–H groups in total. The van der Waals surface area contributed by atoms with Gasteiger partial charge in [0.25, 0.3) is 0 Å². The minimum Gasteiger partial charge on any atom is -0.385 e. The number of pyridine rings is 1. The average Bonchev–Trinajstić information content (AvgIpc) is 2.51. The van der Waals surface area contributed by atoms with Gasteiger partial charge in [-0.25, -0.2) is 9.97 Å². The van der Waals surface area contributed by atoms with Crippen molar-refractivity contribution < 1.29 is 4.74 Å². The molecular weight excluding hydrogens is 264 g/mol. The first-order valence-corrected chi connectivity index (χ1v) is 7.09. The Labute approximate surface area is 126 Å². The SMILES string of the molecule is COCCCN(C)c1nc(-c2ccncc2)nc(C)c1C. The highest BCUT2D eigenvalue weighted by Crippen LogP contribution is 2.23. The lowest BCUT2D eigenvalue weighted by atomic mass is 10.2. The van der Waals surface area contributed by atoms with Crippen LogP contribution in [-0.2, 0) is 4.74 Å². The number of aromatic nitrogens is 3. The number of ether oxygens (including phenoxy) is 1. The number of rotatable bonds is 6. The van der Waals surface area contributed by atoms with E-state index in [0.717, 1.165) is 48.0 Å². The fourth-order valence-corrected chi connectivity index (χ4v) is 2.17. The third-order valence-electron chi connectivity index (χ3n) is 3.51. The molecule has 0 aliphatic carbocycles. The zero-order chi connectivity index (χ0) is 15.2. The zero-order valence-electron chi connectivity index (χ0n) is 13.1. The van der Waals surface area contributed by atoms with Gasteiger partial charge in [0.15, 0.2) is 5.82 Å². The molecule has 0 unspecified atom stereocenters. The minimum absolute atomic E-state index is 0.745. The summed E-state index contributed by atoms with van der Waals surface area (Å²) in [5.74, 6) is 1.72. The zero-order valence-corrected chi connectivity index (χ0v) is 13.1. The predicted molar refractivity (Wildman–Crippen MR) is 84.5 cm³/mol. The van der Waals surface area contributed by atoms with Crippen LogP contribution < -0.4 is 4.90 Å². The molecule has 0 saturated heterocycles. The summed E-state index contributed by atoms with van der Waals surface area (Å²) < 4.78 is 5.11. The molecule has 0 aromatic carbocycles. The van der Waals surface area contributed by atoms with Crippen LogP contribution in [0.3, 0.4) is 0 Å². The lowest BCUT2D eigenvalue weighted by Gasteiger charge is -2.21. The van der Waals surface area contributed by atoms with Crippen LogP contribution in [0.2, 0.25) is 0 Å². The molecule has 0 radical (unpaired) electrons. The van der Waals surface area contributed by atoms with Crippen molar-refractivity contribution in [3.05, 3.63) is 35.8 Å². The van der Waals surface area contributed by atoms with Gasteiger partial charge in [-0.05, 0) is 32.4 Å². The lowest BCUT2D eigenvalue weighted by Crippen LogP contribution is -2.22. The molecular formula is C16H22N4O. The van der Waals surface area contributed by atoms with Gasteiger partial charge in [0.2, 0.25) is 0 Å². The molecule has 2 aromatic heterocycles. The normalized spacial score (nSPS) is 10.7. The maximum atomic E-state index is 5.11. The average molecular weight is 286 g/mol. The van der Waals surface area contributed by atoms with Gasteiger partial charge in [-0.15, -0.1) is 0 Å². The van der Waals surface area contributed by atoms with Crippen molar-refractivity contribution >= 4 is 5.82 Å². The van der Waals surface area contributed by atoms with Crippen LogP contribution in [-0.4, -0.2) is 42.3 Å². The van der Waals surface area contributed by atoms with E-state index < -0.39 is 0 Å². The van der Waals surface area contributed by atoms with Crippen molar-refractivity contribution in [2.75, 3.05) is 32.2 Å². The Bertz CT molecular complexity index is 586. The van der Waals surface area contributed by atoms with Crippen molar-refractivity contribution in [3.8, 4) is 11.4 Å². The van der Waals surface area contributed by atoms with Gasteiger partial charge in [-0.1, -0.05) is 0 Å². The molecule has 0 amide bonds. The van der Waals surface area contributed by atoms with E-state index in [-0.39, 0.29) is 0 Å². The molecule has 0 aliphatic rings. The lowest BCUT2D eigenvalue weighted by molar-refractivity contribution is 0.196. The van der Waals surface area contributed by atoms with Gasteiger partial charge in [0.05, 0.1) is 0 Å². The van der Waals surface area contributed by atoms with Crippen molar-refractivity contribution in [1.29, 1.82) is 0 Å². The molecule has 2 rings (SSSR count). The van der Waals surface area contributed by atoms with E-state index in [2.05, 4.69) is 28.8 Å². The molecule has 0 spiro atoms. The summed E-state index contributed by atoms with van der Waals surface area (Å²) in [4.78, 5) is 15.5. The van der Waals surface area contributed by atoms with E-state index in [1.165, 1.54) is 0 Å². The first kappa shape index (κ1) is 15.4. The Hall–Kier alpha value is -2.01. The molecule has 21 heavy (non-hydrogen) atoms. The van der Waals surface area contributed by atoms with E-state index in [4.69, 9.17) is 9.72 Å².